The first-order valence-corrected chi connectivity index (χ1v) is 6.81. The molecule has 2 aromatic rings. The molecule has 2 rings (SSSR count). The van der Waals surface area contributed by atoms with E-state index >= 15 is 0 Å². The van der Waals surface area contributed by atoms with Crippen LogP contribution >= 0.6 is 27.5 Å². The number of anilines is 1. The Morgan fingerprint density at radius 3 is 2.50 bits per heavy atom. The zero-order valence-electron chi connectivity index (χ0n) is 10.2. The average Bonchev–Trinajstić information content (AvgIpc) is 2.41. The van der Waals surface area contributed by atoms with E-state index in [2.05, 4.69) is 21.2 Å². The van der Waals surface area contributed by atoms with Crippen molar-refractivity contribution >= 4 is 45.0 Å². The van der Waals surface area contributed by atoms with Gasteiger partial charge in [0.15, 0.2) is 0 Å². The molecule has 0 saturated carbocycles. The van der Waals surface area contributed by atoms with Crippen LogP contribution in [-0.4, -0.2) is 11.8 Å². The molecule has 0 aliphatic rings. The summed E-state index contributed by atoms with van der Waals surface area (Å²) in [5, 5.41) is 2.95. The summed E-state index contributed by atoms with van der Waals surface area (Å²) >= 11 is 9.26. The lowest BCUT2D eigenvalue weighted by molar-refractivity contribution is 0.100. The highest BCUT2D eigenvalue weighted by Gasteiger charge is 2.14. The van der Waals surface area contributed by atoms with Crippen LogP contribution in [0.3, 0.4) is 0 Å². The number of nitrogens with two attached hydrogens (primary N) is 1. The highest BCUT2D eigenvalue weighted by Crippen LogP contribution is 2.23. The second-order valence-corrected chi connectivity index (χ2v) is 5.31. The van der Waals surface area contributed by atoms with E-state index in [9.17, 15) is 9.59 Å². The van der Waals surface area contributed by atoms with Gasteiger partial charge in [0.1, 0.15) is 0 Å². The second kappa shape index (κ2) is 6.07. The maximum Gasteiger partial charge on any atom is 0.257 e. The standard InChI is InChI=1S/C14H10BrClN2O2/c15-8-5-6-11(16)10(7-8)14(20)18-12-4-2-1-3-9(12)13(17)19/h1-7H,(H2,17,19)(H,18,20). The minimum Gasteiger partial charge on any atom is -0.366 e. The van der Waals surface area contributed by atoms with Crippen LogP contribution < -0.4 is 11.1 Å². The molecule has 0 aromatic heterocycles. The average molecular weight is 354 g/mol. The maximum atomic E-state index is 12.2. The minimum atomic E-state index is -0.610. The minimum absolute atomic E-state index is 0.243. The van der Waals surface area contributed by atoms with Gasteiger partial charge in [-0.05, 0) is 30.3 Å². The van der Waals surface area contributed by atoms with Crippen molar-refractivity contribution in [2.75, 3.05) is 5.32 Å². The smallest absolute Gasteiger partial charge is 0.257 e. The van der Waals surface area contributed by atoms with Gasteiger partial charge >= 0.3 is 0 Å². The van der Waals surface area contributed by atoms with Gasteiger partial charge in [0.25, 0.3) is 11.8 Å². The molecule has 3 N–H and O–H groups in total. The first kappa shape index (κ1) is 14.6. The Kier molecular flexibility index (Phi) is 4.42. The number of nitrogens with one attached hydrogen (secondary N) is 1. The van der Waals surface area contributed by atoms with Gasteiger partial charge in [-0.2, -0.15) is 0 Å². The highest BCUT2D eigenvalue weighted by atomic mass is 79.9. The topological polar surface area (TPSA) is 72.2 Å². The molecular formula is C14H10BrClN2O2. The molecule has 6 heteroatoms. The summed E-state index contributed by atoms with van der Waals surface area (Å²) < 4.78 is 0.732. The number of primary amides is 1. The van der Waals surface area contributed by atoms with Gasteiger partial charge in [0.05, 0.1) is 21.8 Å². The number of hydrogen-bond acceptors (Lipinski definition) is 2. The van der Waals surface area contributed by atoms with Crippen molar-refractivity contribution < 1.29 is 9.59 Å². The van der Waals surface area contributed by atoms with Gasteiger partial charge in [0, 0.05) is 4.47 Å². The Morgan fingerprint density at radius 1 is 1.10 bits per heavy atom. The fraction of sp³-hybridized carbons (Fsp3) is 0. The second-order valence-electron chi connectivity index (χ2n) is 3.99. The summed E-state index contributed by atoms with van der Waals surface area (Å²) in [5.41, 5.74) is 6.16. The fourth-order valence-corrected chi connectivity index (χ4v) is 2.23. The van der Waals surface area contributed by atoms with Gasteiger partial charge in [-0.15, -0.1) is 0 Å². The van der Waals surface area contributed by atoms with E-state index < -0.39 is 11.8 Å². The SMILES string of the molecule is NC(=O)c1ccccc1NC(=O)c1cc(Br)ccc1Cl. The summed E-state index contributed by atoms with van der Waals surface area (Å²) in [6, 6.07) is 11.5. The molecule has 0 atom stereocenters. The third-order valence-electron chi connectivity index (χ3n) is 2.61. The van der Waals surface area contributed by atoms with Gasteiger partial charge in [0.2, 0.25) is 0 Å². The summed E-state index contributed by atoms with van der Waals surface area (Å²) in [6.07, 6.45) is 0. The Balaban J connectivity index is 2.33. The van der Waals surface area contributed by atoms with Crippen LogP contribution in [-0.2, 0) is 0 Å². The zero-order chi connectivity index (χ0) is 14.7. The number of carbonyl (C=O) groups is 2. The molecule has 0 spiro atoms. The van der Waals surface area contributed by atoms with Crippen molar-refractivity contribution in [1.82, 2.24) is 0 Å². The van der Waals surface area contributed by atoms with Gasteiger partial charge < -0.3 is 11.1 Å². The third kappa shape index (κ3) is 3.18. The molecule has 0 aliphatic heterocycles. The predicted octanol–water partition coefficient (Wildman–Crippen LogP) is 3.45. The number of rotatable bonds is 3. The fourth-order valence-electron chi connectivity index (χ4n) is 1.67. The Morgan fingerprint density at radius 2 is 1.80 bits per heavy atom. The van der Waals surface area contributed by atoms with Crippen molar-refractivity contribution in [3.05, 3.63) is 63.1 Å². The van der Waals surface area contributed by atoms with Crippen LogP contribution in [0.2, 0.25) is 5.02 Å². The van der Waals surface area contributed by atoms with Gasteiger partial charge in [-0.3, -0.25) is 9.59 Å². The summed E-state index contributed by atoms with van der Waals surface area (Å²) in [7, 11) is 0. The molecule has 0 heterocycles. The Labute approximate surface area is 129 Å². The molecule has 20 heavy (non-hydrogen) atoms. The van der Waals surface area contributed by atoms with E-state index in [1.165, 1.54) is 0 Å². The number of halogens is 2. The number of hydrogen-bond donors (Lipinski definition) is 2. The molecule has 0 aliphatic carbocycles. The number of benzene rings is 2. The van der Waals surface area contributed by atoms with Crippen LogP contribution in [0.5, 0.6) is 0 Å². The normalized spacial score (nSPS) is 10.1. The van der Waals surface area contributed by atoms with E-state index in [1.54, 1.807) is 42.5 Å². The van der Waals surface area contributed by atoms with Crippen LogP contribution in [0, 0.1) is 0 Å². The van der Waals surface area contributed by atoms with Crippen LogP contribution in [0.1, 0.15) is 20.7 Å². The largest absolute Gasteiger partial charge is 0.366 e. The molecule has 0 unspecified atom stereocenters. The van der Waals surface area contributed by atoms with Crippen LogP contribution in [0.15, 0.2) is 46.9 Å². The number of amides is 2. The van der Waals surface area contributed by atoms with Crippen LogP contribution in [0.4, 0.5) is 5.69 Å². The van der Waals surface area contributed by atoms with Gasteiger partial charge in [-0.1, -0.05) is 39.7 Å². The lowest BCUT2D eigenvalue weighted by atomic mass is 10.1. The monoisotopic (exact) mass is 352 g/mol. The number of carbonyl (C=O) groups excluding carboxylic acids is 2. The molecule has 2 aromatic carbocycles. The molecule has 102 valence electrons. The molecule has 0 saturated heterocycles. The molecule has 2 amide bonds. The molecular weight excluding hydrogens is 344 g/mol. The van der Waals surface area contributed by atoms with Crippen molar-refractivity contribution in [3.8, 4) is 0 Å². The lowest BCUT2D eigenvalue weighted by Gasteiger charge is -2.10. The van der Waals surface area contributed by atoms with Crippen molar-refractivity contribution in [2.45, 2.75) is 0 Å². The molecule has 4 nitrogen and oxygen atoms in total. The Hall–Kier alpha value is -1.85. The maximum absolute atomic E-state index is 12.2. The number of para-hydroxylation sites is 1. The molecule has 0 bridgehead atoms. The van der Waals surface area contributed by atoms with Gasteiger partial charge in [-0.25, -0.2) is 0 Å². The third-order valence-corrected chi connectivity index (χ3v) is 3.44. The molecule has 0 radical (unpaired) electrons. The Bertz CT molecular complexity index is 689. The summed E-state index contributed by atoms with van der Waals surface area (Å²) in [6.45, 7) is 0. The van der Waals surface area contributed by atoms with Crippen molar-refractivity contribution in [3.63, 3.8) is 0 Å². The molecule has 0 fully saturated rings. The van der Waals surface area contributed by atoms with E-state index in [0.29, 0.717) is 16.3 Å². The predicted molar refractivity (Wildman–Crippen MR) is 82.1 cm³/mol. The lowest BCUT2D eigenvalue weighted by Crippen LogP contribution is -2.18. The summed E-state index contributed by atoms with van der Waals surface area (Å²) in [5.74, 6) is -1.02. The first-order chi connectivity index (χ1) is 9.49. The summed E-state index contributed by atoms with van der Waals surface area (Å²) in [4.78, 5) is 23.5. The van der Waals surface area contributed by atoms with E-state index in [-0.39, 0.29) is 5.56 Å². The zero-order valence-corrected chi connectivity index (χ0v) is 12.5. The highest BCUT2D eigenvalue weighted by molar-refractivity contribution is 9.10. The van der Waals surface area contributed by atoms with Crippen molar-refractivity contribution in [2.24, 2.45) is 5.73 Å². The quantitative estimate of drug-likeness (QED) is 0.887. The van der Waals surface area contributed by atoms with E-state index in [1.807, 2.05) is 0 Å². The van der Waals surface area contributed by atoms with E-state index in [4.69, 9.17) is 17.3 Å². The van der Waals surface area contributed by atoms with E-state index in [0.717, 1.165) is 4.47 Å². The first-order valence-electron chi connectivity index (χ1n) is 5.64. The van der Waals surface area contributed by atoms with Crippen LogP contribution in [0.25, 0.3) is 0 Å². The van der Waals surface area contributed by atoms with Crippen molar-refractivity contribution in [1.29, 1.82) is 0 Å².